The van der Waals surface area contributed by atoms with E-state index >= 15 is 0 Å². The van der Waals surface area contributed by atoms with Crippen LogP contribution in [0, 0.1) is 11.6 Å². The number of aromatic nitrogens is 7. The molecule has 6 rings (SSSR count). The molecule has 0 fully saturated rings. The number of benzene rings is 2. The third-order valence-corrected chi connectivity index (χ3v) is 5.27. The van der Waals surface area contributed by atoms with E-state index in [1.807, 2.05) is 6.07 Å². The summed E-state index contributed by atoms with van der Waals surface area (Å²) in [6.45, 7) is 0. The zero-order valence-corrected chi connectivity index (χ0v) is 16.3. The largest absolute Gasteiger partial charge is 0.335 e. The van der Waals surface area contributed by atoms with Gasteiger partial charge in [0.05, 0.1) is 11.0 Å². The van der Waals surface area contributed by atoms with Gasteiger partial charge in [-0.05, 0) is 29.8 Å². The number of nitrogens with one attached hydrogen (secondary N) is 2. The molecule has 0 saturated carbocycles. The smallest absolute Gasteiger partial charge is 0.178 e. The molecule has 4 aromatic heterocycles. The third kappa shape index (κ3) is 2.90. The van der Waals surface area contributed by atoms with E-state index in [9.17, 15) is 8.78 Å². The Hall–Kier alpha value is -4.53. The van der Waals surface area contributed by atoms with Crippen LogP contribution in [0.5, 0.6) is 0 Å². The molecule has 154 valence electrons. The molecule has 7 nitrogen and oxygen atoms in total. The summed E-state index contributed by atoms with van der Waals surface area (Å²) in [4.78, 5) is 20.1. The van der Waals surface area contributed by atoms with Crippen molar-refractivity contribution in [3.8, 4) is 33.8 Å². The first kappa shape index (κ1) is 18.3. The number of hydrogen-bond donors (Lipinski definition) is 2. The van der Waals surface area contributed by atoms with Crippen LogP contribution < -0.4 is 0 Å². The van der Waals surface area contributed by atoms with Crippen molar-refractivity contribution in [1.29, 1.82) is 0 Å². The van der Waals surface area contributed by atoms with Gasteiger partial charge in [-0.25, -0.2) is 28.7 Å². The quantitative estimate of drug-likeness (QED) is 0.420. The molecular weight excluding hydrogens is 412 g/mol. The van der Waals surface area contributed by atoms with Gasteiger partial charge >= 0.3 is 0 Å². The highest BCUT2D eigenvalue weighted by Crippen LogP contribution is 2.33. The number of halogens is 2. The predicted molar refractivity (Wildman–Crippen MR) is 115 cm³/mol. The van der Waals surface area contributed by atoms with Crippen molar-refractivity contribution >= 4 is 22.1 Å². The van der Waals surface area contributed by atoms with Crippen molar-refractivity contribution in [1.82, 2.24) is 35.1 Å². The first-order valence-electron chi connectivity index (χ1n) is 9.71. The molecule has 0 unspecified atom stereocenters. The minimum Gasteiger partial charge on any atom is -0.335 e. The maximum Gasteiger partial charge on any atom is 0.178 e. The van der Waals surface area contributed by atoms with Crippen LogP contribution in [0.1, 0.15) is 0 Å². The van der Waals surface area contributed by atoms with Crippen molar-refractivity contribution in [2.45, 2.75) is 0 Å². The Kier molecular flexibility index (Phi) is 4.00. The minimum absolute atomic E-state index is 0.329. The molecule has 0 spiro atoms. The lowest BCUT2D eigenvalue weighted by Crippen LogP contribution is -1.88. The number of hydrogen-bond acceptors (Lipinski definition) is 5. The van der Waals surface area contributed by atoms with Gasteiger partial charge in [0.15, 0.2) is 11.5 Å². The Morgan fingerprint density at radius 2 is 1.75 bits per heavy atom. The molecule has 0 aliphatic carbocycles. The molecule has 0 saturated heterocycles. The van der Waals surface area contributed by atoms with Gasteiger partial charge in [0.1, 0.15) is 23.7 Å². The van der Waals surface area contributed by atoms with E-state index in [4.69, 9.17) is 0 Å². The lowest BCUT2D eigenvalue weighted by molar-refractivity contribution is 0.628. The highest BCUT2D eigenvalue weighted by atomic mass is 19.1. The maximum absolute atomic E-state index is 14.7. The van der Waals surface area contributed by atoms with E-state index in [2.05, 4.69) is 35.1 Å². The Morgan fingerprint density at radius 1 is 0.875 bits per heavy atom. The number of fused-ring (bicyclic) bond motifs is 2. The summed E-state index contributed by atoms with van der Waals surface area (Å²) in [5.41, 5.74) is 4.54. The number of rotatable bonds is 3. The van der Waals surface area contributed by atoms with E-state index in [0.717, 1.165) is 5.56 Å². The van der Waals surface area contributed by atoms with Crippen molar-refractivity contribution in [2.75, 3.05) is 0 Å². The molecule has 0 aliphatic heterocycles. The highest BCUT2D eigenvalue weighted by Gasteiger charge is 2.18. The van der Waals surface area contributed by atoms with Gasteiger partial charge in [-0.1, -0.05) is 12.1 Å². The van der Waals surface area contributed by atoms with Gasteiger partial charge in [0, 0.05) is 46.7 Å². The first-order chi connectivity index (χ1) is 15.7. The van der Waals surface area contributed by atoms with Crippen LogP contribution in [0.4, 0.5) is 8.78 Å². The van der Waals surface area contributed by atoms with Crippen LogP contribution in [0.2, 0.25) is 0 Å². The fraction of sp³-hybridized carbons (Fsp3) is 0. The van der Waals surface area contributed by atoms with Crippen molar-refractivity contribution in [3.63, 3.8) is 0 Å². The molecule has 0 radical (unpaired) electrons. The van der Waals surface area contributed by atoms with Crippen LogP contribution in [0.25, 0.3) is 55.8 Å². The second kappa shape index (κ2) is 7.02. The molecular formula is C23H13F2N7. The Labute approximate surface area is 179 Å². The third-order valence-electron chi connectivity index (χ3n) is 5.27. The van der Waals surface area contributed by atoms with Gasteiger partial charge in [-0.2, -0.15) is 5.10 Å². The standard InChI is InChI=1S/C23H13F2N7/c24-14-3-1-2-12(6-14)15-4-5-28-22-20(15)29-23(30-22)21-17-7-16(13-9-26-11-27-10-13)18(25)8-19(17)31-32-21/h1-11H,(H,31,32)(H,28,29,30). The number of imidazole rings is 1. The van der Waals surface area contributed by atoms with E-state index in [-0.39, 0.29) is 5.82 Å². The monoisotopic (exact) mass is 425 g/mol. The predicted octanol–water partition coefficient (Wildman–Crippen LogP) is 4.90. The summed E-state index contributed by atoms with van der Waals surface area (Å²) in [5, 5.41) is 7.88. The Morgan fingerprint density at radius 3 is 2.59 bits per heavy atom. The Balaban J connectivity index is 1.53. The van der Waals surface area contributed by atoms with Crippen molar-refractivity contribution in [3.05, 3.63) is 79.0 Å². The first-order valence-corrected chi connectivity index (χ1v) is 9.71. The normalized spacial score (nSPS) is 11.4. The van der Waals surface area contributed by atoms with Crippen LogP contribution in [0.15, 0.2) is 67.4 Å². The lowest BCUT2D eigenvalue weighted by atomic mass is 10.0. The Bertz CT molecular complexity index is 1610. The second-order valence-corrected chi connectivity index (χ2v) is 7.23. The SMILES string of the molecule is Fc1cccc(-c2ccnc3nc(-c4n[nH]c5cc(F)c(-c6cncnc6)cc45)[nH]c23)c1. The molecule has 0 aliphatic rings. The molecule has 0 amide bonds. The van der Waals surface area contributed by atoms with Gasteiger partial charge in [0.25, 0.3) is 0 Å². The summed E-state index contributed by atoms with van der Waals surface area (Å²) in [5.74, 6) is -0.281. The van der Waals surface area contributed by atoms with Crippen molar-refractivity contribution in [2.24, 2.45) is 0 Å². The molecule has 2 N–H and O–H groups in total. The summed E-state index contributed by atoms with van der Waals surface area (Å²) in [6, 6.07) is 11.2. The second-order valence-electron chi connectivity index (χ2n) is 7.23. The van der Waals surface area contributed by atoms with Crippen LogP contribution >= 0.6 is 0 Å². The van der Waals surface area contributed by atoms with Gasteiger partial charge in [-0.15, -0.1) is 0 Å². The summed E-state index contributed by atoms with van der Waals surface area (Å²) < 4.78 is 28.5. The fourth-order valence-electron chi connectivity index (χ4n) is 3.80. The molecule has 0 atom stereocenters. The number of aromatic amines is 2. The molecule has 6 aromatic rings. The van der Waals surface area contributed by atoms with Crippen molar-refractivity contribution < 1.29 is 8.78 Å². The topological polar surface area (TPSA) is 96.0 Å². The average molecular weight is 425 g/mol. The number of pyridine rings is 1. The van der Waals surface area contributed by atoms with Gasteiger partial charge in [0.2, 0.25) is 0 Å². The fourth-order valence-corrected chi connectivity index (χ4v) is 3.80. The van der Waals surface area contributed by atoms with Crippen LogP contribution in [0.3, 0.4) is 0 Å². The molecule has 32 heavy (non-hydrogen) atoms. The van der Waals surface area contributed by atoms with Crippen LogP contribution in [-0.4, -0.2) is 35.1 Å². The maximum atomic E-state index is 14.7. The van der Waals surface area contributed by atoms with Gasteiger partial charge in [-0.3, -0.25) is 5.10 Å². The van der Waals surface area contributed by atoms with E-state index < -0.39 is 5.82 Å². The highest BCUT2D eigenvalue weighted by molar-refractivity contribution is 5.97. The molecule has 4 heterocycles. The summed E-state index contributed by atoms with van der Waals surface area (Å²) in [6.07, 6.45) is 6.11. The minimum atomic E-state index is -0.415. The average Bonchev–Trinajstić information content (AvgIpc) is 3.42. The van der Waals surface area contributed by atoms with Crippen LogP contribution in [-0.2, 0) is 0 Å². The number of H-pyrrole nitrogens is 2. The van der Waals surface area contributed by atoms with E-state index in [1.165, 1.54) is 24.5 Å². The van der Waals surface area contributed by atoms with E-state index in [0.29, 0.717) is 50.3 Å². The zero-order valence-electron chi connectivity index (χ0n) is 16.3. The number of nitrogens with zero attached hydrogens (tertiary/aromatic N) is 5. The molecule has 2 aromatic carbocycles. The van der Waals surface area contributed by atoms with Gasteiger partial charge < -0.3 is 4.98 Å². The summed E-state index contributed by atoms with van der Waals surface area (Å²) >= 11 is 0. The van der Waals surface area contributed by atoms with E-state index in [1.54, 1.807) is 36.8 Å². The molecule has 0 bridgehead atoms. The summed E-state index contributed by atoms with van der Waals surface area (Å²) in [7, 11) is 0. The molecule has 9 heteroatoms. The zero-order chi connectivity index (χ0) is 21.7. The lowest BCUT2D eigenvalue weighted by Gasteiger charge is -2.03.